The summed E-state index contributed by atoms with van der Waals surface area (Å²) in [5.41, 5.74) is 9.19. The molecule has 3 rings (SSSR count). The summed E-state index contributed by atoms with van der Waals surface area (Å²) >= 11 is 0. The first-order valence-corrected chi connectivity index (χ1v) is 15.0. The summed E-state index contributed by atoms with van der Waals surface area (Å²) in [5.74, 6) is -3.72. The minimum absolute atomic E-state index is 0.00136. The Kier molecular flexibility index (Phi) is 13.5. The van der Waals surface area contributed by atoms with Gasteiger partial charge < -0.3 is 30.6 Å². The van der Waals surface area contributed by atoms with Gasteiger partial charge in [-0.15, -0.1) is 0 Å². The summed E-state index contributed by atoms with van der Waals surface area (Å²) in [4.78, 5) is 76.6. The lowest BCUT2D eigenvalue weighted by Crippen LogP contribution is -2.58. The topological polar surface area (TPSA) is 199 Å². The van der Waals surface area contributed by atoms with Crippen molar-refractivity contribution in [3.63, 3.8) is 0 Å². The third-order valence-corrected chi connectivity index (χ3v) is 6.79. The van der Waals surface area contributed by atoms with E-state index in [4.69, 9.17) is 19.9 Å². The Morgan fingerprint density at radius 2 is 1.48 bits per heavy atom. The number of carbonyl (C=O) groups excluding carboxylic acids is 6. The minimum atomic E-state index is -1.23. The number of nitrogens with one attached hydrogen (secondary N) is 3. The molecule has 2 aromatic carbocycles. The van der Waals surface area contributed by atoms with Crippen molar-refractivity contribution in [2.75, 3.05) is 13.2 Å². The first-order chi connectivity index (χ1) is 22.0. The van der Waals surface area contributed by atoms with Gasteiger partial charge >= 0.3 is 12.1 Å². The molecule has 0 spiro atoms. The fourth-order valence-corrected chi connectivity index (χ4v) is 4.45. The van der Waals surface area contributed by atoms with Crippen LogP contribution in [-0.2, 0) is 51.2 Å². The van der Waals surface area contributed by atoms with Crippen LogP contribution < -0.4 is 21.8 Å². The summed E-state index contributed by atoms with van der Waals surface area (Å²) in [6.07, 6.45) is -3.22. The molecule has 1 heterocycles. The molecule has 1 saturated heterocycles. The number of benzene rings is 2. The molecule has 0 radical (unpaired) electrons. The Morgan fingerprint density at radius 3 is 2.07 bits per heavy atom. The van der Waals surface area contributed by atoms with Crippen LogP contribution in [0.3, 0.4) is 0 Å². The van der Waals surface area contributed by atoms with E-state index in [1.54, 1.807) is 49.4 Å². The fourth-order valence-electron chi connectivity index (χ4n) is 4.45. The van der Waals surface area contributed by atoms with E-state index >= 15 is 0 Å². The standard InChI is InChI=1S/C32H41N5O9/c1-4-44-31(42)27-26(46-27)30(41)37(16-15-25(33)38)36-29(40)24(18-21-11-7-5-8-12-21)34-28(39)23(17-20(2)3)35-32(43)45-19-22-13-9-6-10-14-22/h5-14,20,23-24,26-27H,4,15-19H2,1-3H3,(H2,33,38)(H,34,39)(H,35,43)(H,36,40)/t23-,24-,26-,27-/m0/s1. The Balaban J connectivity index is 1.76. The van der Waals surface area contributed by atoms with Gasteiger partial charge in [0.25, 0.3) is 11.8 Å². The number of hydrazine groups is 1. The van der Waals surface area contributed by atoms with Crippen LogP contribution >= 0.6 is 0 Å². The molecule has 0 unspecified atom stereocenters. The van der Waals surface area contributed by atoms with Crippen molar-refractivity contribution in [3.05, 3.63) is 71.8 Å². The van der Waals surface area contributed by atoms with Crippen LogP contribution in [0.4, 0.5) is 4.79 Å². The van der Waals surface area contributed by atoms with Gasteiger partial charge in [-0.1, -0.05) is 74.5 Å². The van der Waals surface area contributed by atoms with Gasteiger partial charge in [0.1, 0.15) is 18.7 Å². The van der Waals surface area contributed by atoms with Gasteiger partial charge in [0.15, 0.2) is 12.2 Å². The maximum absolute atomic E-state index is 13.6. The number of hydrogen-bond acceptors (Lipinski definition) is 9. The van der Waals surface area contributed by atoms with Crippen LogP contribution in [0.5, 0.6) is 0 Å². The molecule has 0 saturated carbocycles. The molecule has 1 aliphatic rings. The van der Waals surface area contributed by atoms with E-state index in [0.717, 1.165) is 10.6 Å². The van der Waals surface area contributed by atoms with Crippen LogP contribution in [0.1, 0.15) is 44.7 Å². The summed E-state index contributed by atoms with van der Waals surface area (Å²) in [5, 5.41) is 6.12. The fraction of sp³-hybridized carbons (Fsp3) is 0.438. The third-order valence-electron chi connectivity index (χ3n) is 6.79. The average molecular weight is 640 g/mol. The molecule has 1 aliphatic heterocycles. The zero-order valence-corrected chi connectivity index (χ0v) is 26.1. The average Bonchev–Trinajstić information content (AvgIpc) is 3.83. The number of nitrogens with zero attached hydrogens (tertiary/aromatic N) is 1. The van der Waals surface area contributed by atoms with Crippen molar-refractivity contribution in [3.8, 4) is 0 Å². The maximum atomic E-state index is 13.6. The summed E-state index contributed by atoms with van der Waals surface area (Å²) in [6, 6.07) is 15.6. The second kappa shape index (κ2) is 17.5. The second-order valence-corrected chi connectivity index (χ2v) is 11.1. The number of ether oxygens (including phenoxy) is 3. The number of amides is 5. The molecular weight excluding hydrogens is 598 g/mol. The number of epoxide rings is 1. The van der Waals surface area contributed by atoms with Crippen molar-refractivity contribution in [2.24, 2.45) is 11.7 Å². The van der Waals surface area contributed by atoms with Crippen molar-refractivity contribution in [1.82, 2.24) is 21.1 Å². The van der Waals surface area contributed by atoms with Gasteiger partial charge in [-0.3, -0.25) is 29.6 Å². The lowest BCUT2D eigenvalue weighted by Gasteiger charge is -2.27. The number of rotatable bonds is 16. The highest BCUT2D eigenvalue weighted by Crippen LogP contribution is 2.25. The van der Waals surface area contributed by atoms with Crippen molar-refractivity contribution in [2.45, 2.75) is 70.9 Å². The Bertz CT molecular complexity index is 1360. The smallest absolute Gasteiger partial charge is 0.408 e. The highest BCUT2D eigenvalue weighted by atomic mass is 16.6. The van der Waals surface area contributed by atoms with Gasteiger partial charge in [0.2, 0.25) is 11.8 Å². The van der Waals surface area contributed by atoms with E-state index in [9.17, 15) is 28.8 Å². The molecule has 5 N–H and O–H groups in total. The third kappa shape index (κ3) is 11.5. The van der Waals surface area contributed by atoms with E-state index in [1.807, 2.05) is 32.0 Å². The molecule has 2 aromatic rings. The van der Waals surface area contributed by atoms with Crippen LogP contribution in [0.15, 0.2) is 60.7 Å². The number of alkyl carbamates (subject to hydrolysis) is 1. The van der Waals surface area contributed by atoms with E-state index in [1.165, 1.54) is 0 Å². The molecular formula is C32H41N5O9. The zero-order chi connectivity index (χ0) is 33.6. The molecule has 14 nitrogen and oxygen atoms in total. The number of nitrogens with two attached hydrogens (primary N) is 1. The SMILES string of the molecule is CCOC(=O)[C@H]1O[C@@H]1C(=O)N(CCC(N)=O)NC(=O)[C@H](Cc1ccccc1)NC(=O)[C@H](CC(C)C)NC(=O)OCc1ccccc1. The Morgan fingerprint density at radius 1 is 0.848 bits per heavy atom. The van der Waals surface area contributed by atoms with Crippen LogP contribution in [0.25, 0.3) is 0 Å². The zero-order valence-electron chi connectivity index (χ0n) is 26.1. The van der Waals surface area contributed by atoms with Gasteiger partial charge in [-0.2, -0.15) is 0 Å². The van der Waals surface area contributed by atoms with Gasteiger partial charge in [0.05, 0.1) is 13.2 Å². The molecule has 46 heavy (non-hydrogen) atoms. The van der Waals surface area contributed by atoms with Gasteiger partial charge in [0, 0.05) is 12.8 Å². The quantitative estimate of drug-likeness (QED) is 0.118. The van der Waals surface area contributed by atoms with Gasteiger partial charge in [-0.05, 0) is 30.4 Å². The lowest BCUT2D eigenvalue weighted by atomic mass is 10.0. The number of primary amides is 1. The van der Waals surface area contributed by atoms with Crippen LogP contribution in [0.2, 0.25) is 0 Å². The summed E-state index contributed by atoms with van der Waals surface area (Å²) in [6.45, 7) is 5.12. The van der Waals surface area contributed by atoms with Crippen LogP contribution in [0, 0.1) is 5.92 Å². The highest BCUT2D eigenvalue weighted by Gasteiger charge is 2.53. The first kappa shape index (κ1) is 35.5. The molecule has 4 atom stereocenters. The molecule has 5 amide bonds. The van der Waals surface area contributed by atoms with Crippen molar-refractivity contribution in [1.29, 1.82) is 0 Å². The normalized spacial score (nSPS) is 16.3. The monoisotopic (exact) mass is 639 g/mol. The lowest BCUT2D eigenvalue weighted by molar-refractivity contribution is -0.146. The molecule has 1 fully saturated rings. The predicted octanol–water partition coefficient (Wildman–Crippen LogP) is 1.12. The number of carbonyl (C=O) groups is 6. The van der Waals surface area contributed by atoms with E-state index in [0.29, 0.717) is 5.56 Å². The first-order valence-electron chi connectivity index (χ1n) is 15.0. The van der Waals surface area contributed by atoms with Crippen molar-refractivity contribution < 1.29 is 43.0 Å². The summed E-state index contributed by atoms with van der Waals surface area (Å²) < 4.78 is 15.4. The van der Waals surface area contributed by atoms with Crippen molar-refractivity contribution >= 4 is 35.7 Å². The minimum Gasteiger partial charge on any atom is -0.464 e. The highest BCUT2D eigenvalue weighted by molar-refractivity contribution is 5.95. The predicted molar refractivity (Wildman–Crippen MR) is 164 cm³/mol. The maximum Gasteiger partial charge on any atom is 0.408 e. The van der Waals surface area contributed by atoms with E-state index in [-0.39, 0.29) is 44.9 Å². The largest absolute Gasteiger partial charge is 0.464 e. The Hall–Kier alpha value is -4.98. The Labute approximate surface area is 267 Å². The molecule has 0 aliphatic carbocycles. The molecule has 0 bridgehead atoms. The molecule has 0 aromatic heterocycles. The summed E-state index contributed by atoms with van der Waals surface area (Å²) in [7, 11) is 0. The number of hydrogen-bond donors (Lipinski definition) is 4. The van der Waals surface area contributed by atoms with Gasteiger partial charge in [-0.25, -0.2) is 9.59 Å². The van der Waals surface area contributed by atoms with Crippen LogP contribution in [-0.4, -0.2) is 78.1 Å². The van der Waals surface area contributed by atoms with E-state index in [2.05, 4.69) is 16.1 Å². The number of esters is 1. The molecule has 248 valence electrons. The second-order valence-electron chi connectivity index (χ2n) is 11.1. The molecule has 14 heteroatoms. The van der Waals surface area contributed by atoms with E-state index < -0.39 is 60.0 Å².